The molecule has 3 fully saturated rings. The summed E-state index contributed by atoms with van der Waals surface area (Å²) in [7, 11) is 1.85. The Morgan fingerprint density at radius 3 is 2.89 bits per heavy atom. The highest BCUT2D eigenvalue weighted by Crippen LogP contribution is 2.45. The molecule has 7 rings (SSSR count). The van der Waals surface area contributed by atoms with E-state index in [9.17, 15) is 18.8 Å². The second-order valence-corrected chi connectivity index (χ2v) is 13.8. The average Bonchev–Trinajstić information content (AvgIpc) is 3.82. The molecule has 0 saturated carbocycles. The Balaban J connectivity index is 1.37. The zero-order valence-corrected chi connectivity index (χ0v) is 27.0. The number of aryl methyl sites for hydroxylation is 1. The molecule has 244 valence electrons. The van der Waals surface area contributed by atoms with Gasteiger partial charge in [-0.2, -0.15) is 15.2 Å². The summed E-state index contributed by atoms with van der Waals surface area (Å²) in [5.74, 6) is -0.966. The number of ether oxygens (including phenoxy) is 1. The average molecular weight is 662 g/mol. The van der Waals surface area contributed by atoms with Crippen LogP contribution in [0, 0.1) is 29.9 Å². The van der Waals surface area contributed by atoms with E-state index >= 15 is 4.39 Å². The number of benzene rings is 2. The normalized spacial score (nSPS) is 22.6. The number of thiophene rings is 1. The number of alkyl halides is 1. The van der Waals surface area contributed by atoms with Crippen molar-refractivity contribution in [1.29, 1.82) is 5.26 Å². The van der Waals surface area contributed by atoms with Crippen molar-refractivity contribution in [2.24, 2.45) is 0 Å². The van der Waals surface area contributed by atoms with Gasteiger partial charge in [0.2, 0.25) is 5.91 Å². The third-order valence-corrected chi connectivity index (χ3v) is 11.1. The number of nitrogen functional groups attached to an aromatic ring is 1. The Bertz CT molecular complexity index is 1990. The van der Waals surface area contributed by atoms with E-state index in [1.54, 1.807) is 17.9 Å². The van der Waals surface area contributed by atoms with Gasteiger partial charge in [0, 0.05) is 55.5 Å². The molecule has 47 heavy (non-hydrogen) atoms. The number of carbonyl (C=O) groups excluding carboxylic acids is 1. The monoisotopic (exact) mass is 661 g/mol. The maximum absolute atomic E-state index is 17.0. The van der Waals surface area contributed by atoms with Crippen molar-refractivity contribution in [2.45, 2.75) is 50.4 Å². The molecule has 0 bridgehead atoms. The number of hydrogen-bond acceptors (Lipinski definition) is 9. The number of likely N-dealkylation sites (tertiary alicyclic amines) is 1. The number of aromatic nitrogens is 2. The standard InChI is InChI=1S/C34H34F3N7O2S/c1-4-25(45)43-11-8-20(16-43)42(3)32-22-12-18(2)26(21-6-7-24(36)30-27(21)23(14-38)31(39)47-30)28(37)29(22)40-33(41-32)46-17-34-9-5-10-44(34)15-19(35)13-34/h4,6-7,12,19-20H,1,5,8-11,13,15-17,39H2,2-3H3. The summed E-state index contributed by atoms with van der Waals surface area (Å²) in [5, 5.41) is 10.7. The number of carbonyl (C=O) groups is 1. The number of anilines is 2. The minimum Gasteiger partial charge on any atom is -0.461 e. The van der Waals surface area contributed by atoms with Crippen LogP contribution >= 0.6 is 11.3 Å². The smallest absolute Gasteiger partial charge is 0.319 e. The summed E-state index contributed by atoms with van der Waals surface area (Å²) in [6.07, 6.45) is 3.08. The Hall–Kier alpha value is -4.41. The van der Waals surface area contributed by atoms with Crippen molar-refractivity contribution in [3.05, 3.63) is 53.6 Å². The minimum atomic E-state index is -0.943. The first kappa shape index (κ1) is 31.2. The van der Waals surface area contributed by atoms with Crippen LogP contribution in [-0.4, -0.2) is 83.3 Å². The molecule has 2 aromatic heterocycles. The highest BCUT2D eigenvalue weighted by Gasteiger charge is 2.49. The summed E-state index contributed by atoms with van der Waals surface area (Å²) in [6.45, 7) is 7.62. The lowest BCUT2D eigenvalue weighted by Gasteiger charge is -2.31. The summed E-state index contributed by atoms with van der Waals surface area (Å²) in [4.78, 5) is 27.5. The van der Waals surface area contributed by atoms with E-state index < -0.39 is 23.3 Å². The molecule has 5 heterocycles. The van der Waals surface area contributed by atoms with Crippen LogP contribution in [0.15, 0.2) is 30.9 Å². The van der Waals surface area contributed by atoms with Crippen molar-refractivity contribution in [2.75, 3.05) is 50.5 Å². The van der Waals surface area contributed by atoms with Crippen molar-refractivity contribution in [3.8, 4) is 23.2 Å². The highest BCUT2D eigenvalue weighted by molar-refractivity contribution is 7.23. The first-order valence-corrected chi connectivity index (χ1v) is 16.4. The summed E-state index contributed by atoms with van der Waals surface area (Å²) >= 11 is 0.947. The number of nitriles is 1. The molecule has 2 N–H and O–H groups in total. The quantitative estimate of drug-likeness (QED) is 0.250. The van der Waals surface area contributed by atoms with E-state index in [1.807, 2.05) is 11.9 Å². The van der Waals surface area contributed by atoms with Crippen LogP contribution in [0.5, 0.6) is 6.01 Å². The Morgan fingerprint density at radius 2 is 2.13 bits per heavy atom. The molecule has 3 atom stereocenters. The second kappa shape index (κ2) is 11.7. The molecule has 1 amide bonds. The van der Waals surface area contributed by atoms with E-state index in [0.717, 1.165) is 30.7 Å². The van der Waals surface area contributed by atoms with E-state index in [-0.39, 0.29) is 56.3 Å². The first-order valence-electron chi connectivity index (χ1n) is 15.6. The van der Waals surface area contributed by atoms with Gasteiger partial charge in [0.1, 0.15) is 41.0 Å². The van der Waals surface area contributed by atoms with Crippen molar-refractivity contribution in [3.63, 3.8) is 0 Å². The molecular formula is C34H34F3N7O2S. The predicted octanol–water partition coefficient (Wildman–Crippen LogP) is 5.73. The summed E-state index contributed by atoms with van der Waals surface area (Å²) in [5.41, 5.74) is 6.71. The van der Waals surface area contributed by atoms with E-state index in [2.05, 4.69) is 22.5 Å². The predicted molar refractivity (Wildman–Crippen MR) is 176 cm³/mol. The molecule has 13 heteroatoms. The van der Waals surface area contributed by atoms with Crippen LogP contribution in [0.4, 0.5) is 24.0 Å². The van der Waals surface area contributed by atoms with Gasteiger partial charge in [-0.1, -0.05) is 12.6 Å². The molecule has 3 saturated heterocycles. The van der Waals surface area contributed by atoms with Gasteiger partial charge >= 0.3 is 6.01 Å². The SMILES string of the molecule is C=CC(=O)N1CCC(N(C)c2nc(OCC34CCCN3CC(F)C4)nc3c(F)c(-c4ccc(F)c5sc(N)c(C#N)c45)c(C)cc23)C1. The molecule has 9 nitrogen and oxygen atoms in total. The third-order valence-electron chi connectivity index (χ3n) is 10.0. The lowest BCUT2D eigenvalue weighted by Crippen LogP contribution is -2.43. The fraction of sp³-hybridized carbons (Fsp3) is 0.412. The van der Waals surface area contributed by atoms with E-state index in [4.69, 9.17) is 15.5 Å². The van der Waals surface area contributed by atoms with Crippen molar-refractivity contribution >= 4 is 49.1 Å². The minimum absolute atomic E-state index is 0.00998. The van der Waals surface area contributed by atoms with Gasteiger partial charge in [-0.3, -0.25) is 9.69 Å². The number of rotatable bonds is 7. The maximum atomic E-state index is 17.0. The van der Waals surface area contributed by atoms with Crippen LogP contribution in [0.3, 0.4) is 0 Å². The van der Waals surface area contributed by atoms with Gasteiger partial charge in [-0.25, -0.2) is 13.2 Å². The van der Waals surface area contributed by atoms with Gasteiger partial charge in [0.25, 0.3) is 0 Å². The van der Waals surface area contributed by atoms with Crippen molar-refractivity contribution < 1.29 is 22.7 Å². The maximum Gasteiger partial charge on any atom is 0.319 e. The number of hydrogen-bond donors (Lipinski definition) is 1. The molecule has 4 aromatic rings. The van der Waals surface area contributed by atoms with Crippen LogP contribution < -0.4 is 15.4 Å². The highest BCUT2D eigenvalue weighted by atomic mass is 32.1. The van der Waals surface area contributed by atoms with Crippen LogP contribution in [0.2, 0.25) is 0 Å². The van der Waals surface area contributed by atoms with E-state index in [1.165, 1.54) is 18.2 Å². The zero-order valence-electron chi connectivity index (χ0n) is 26.2. The van der Waals surface area contributed by atoms with E-state index in [0.29, 0.717) is 54.8 Å². The summed E-state index contributed by atoms with van der Waals surface area (Å²) < 4.78 is 52.8. The van der Waals surface area contributed by atoms with Gasteiger partial charge in [-0.15, -0.1) is 11.3 Å². The molecule has 0 aliphatic carbocycles. The molecule has 3 aliphatic rings. The summed E-state index contributed by atoms with van der Waals surface area (Å²) in [6, 6.07) is 6.37. The van der Waals surface area contributed by atoms with Gasteiger partial charge in [0.05, 0.1) is 15.8 Å². The van der Waals surface area contributed by atoms with Crippen LogP contribution in [-0.2, 0) is 4.79 Å². The van der Waals surface area contributed by atoms with Crippen molar-refractivity contribution in [1.82, 2.24) is 19.8 Å². The fourth-order valence-electron chi connectivity index (χ4n) is 7.70. The fourth-order valence-corrected chi connectivity index (χ4v) is 8.65. The molecule has 2 aromatic carbocycles. The van der Waals surface area contributed by atoms with Crippen LogP contribution in [0.25, 0.3) is 32.1 Å². The molecule has 0 spiro atoms. The number of amides is 1. The number of halogens is 3. The first-order chi connectivity index (χ1) is 22.5. The number of fused-ring (bicyclic) bond motifs is 3. The topological polar surface area (TPSA) is 112 Å². The Morgan fingerprint density at radius 1 is 1.32 bits per heavy atom. The lowest BCUT2D eigenvalue weighted by molar-refractivity contribution is -0.125. The van der Waals surface area contributed by atoms with Crippen LogP contribution in [0.1, 0.15) is 36.8 Å². The molecule has 3 aliphatic heterocycles. The number of nitrogens with zero attached hydrogens (tertiary/aromatic N) is 6. The second-order valence-electron chi connectivity index (χ2n) is 12.8. The van der Waals surface area contributed by atoms with Gasteiger partial charge < -0.3 is 20.3 Å². The number of nitrogens with two attached hydrogens (primary N) is 1. The van der Waals surface area contributed by atoms with Gasteiger partial charge in [-0.05, 0) is 62.1 Å². The largest absolute Gasteiger partial charge is 0.461 e. The third kappa shape index (κ3) is 5.05. The lowest BCUT2D eigenvalue weighted by atomic mass is 9.93. The number of likely N-dealkylation sites (N-methyl/N-ethyl adjacent to an activating group) is 1. The molecule has 0 radical (unpaired) electrons. The Kier molecular flexibility index (Phi) is 7.75. The van der Waals surface area contributed by atoms with Gasteiger partial charge in [0.15, 0.2) is 5.82 Å². The Labute approximate surface area is 274 Å². The molecule has 3 unspecified atom stereocenters. The zero-order chi connectivity index (χ0) is 33.2. The molecular weight excluding hydrogens is 627 g/mol.